The molecule has 3 heteroatoms. The lowest BCUT2D eigenvalue weighted by atomic mass is 9.92. The van der Waals surface area contributed by atoms with Gasteiger partial charge in [0.2, 0.25) is 0 Å². The summed E-state index contributed by atoms with van der Waals surface area (Å²) in [6.45, 7) is 7.50. The van der Waals surface area contributed by atoms with E-state index in [0.29, 0.717) is 23.4 Å². The van der Waals surface area contributed by atoms with Gasteiger partial charge in [-0.1, -0.05) is 31.8 Å². The van der Waals surface area contributed by atoms with Crippen molar-refractivity contribution in [2.45, 2.75) is 33.6 Å². The number of carbonyl (C=O) groups excluding carboxylic acids is 1. The zero-order valence-electron chi connectivity index (χ0n) is 13.1. The number of nitrogens with one attached hydrogen (secondary N) is 1. The van der Waals surface area contributed by atoms with Crippen LogP contribution >= 0.6 is 0 Å². The van der Waals surface area contributed by atoms with E-state index in [9.17, 15) is 4.79 Å². The first-order valence-corrected chi connectivity index (χ1v) is 7.56. The van der Waals surface area contributed by atoms with E-state index < -0.39 is 0 Å². The molecule has 1 fully saturated rings. The molecule has 0 unspecified atom stereocenters. The summed E-state index contributed by atoms with van der Waals surface area (Å²) in [5.74, 6) is 6.40. The minimum Gasteiger partial charge on any atom is -0.351 e. The molecule has 0 atom stereocenters. The third kappa shape index (κ3) is 3.65. The second kappa shape index (κ2) is 6.32. The molecule has 0 aliphatic heterocycles. The van der Waals surface area contributed by atoms with Crippen molar-refractivity contribution < 1.29 is 4.79 Å². The van der Waals surface area contributed by atoms with Crippen LogP contribution in [-0.2, 0) is 0 Å². The second-order valence-electron chi connectivity index (χ2n) is 6.24. The Balaban J connectivity index is 2.08. The van der Waals surface area contributed by atoms with Crippen molar-refractivity contribution in [1.29, 1.82) is 0 Å². The van der Waals surface area contributed by atoms with Gasteiger partial charge in [0, 0.05) is 17.7 Å². The van der Waals surface area contributed by atoms with Crippen LogP contribution in [0.2, 0.25) is 0 Å². The Hall–Kier alpha value is -1.79. The summed E-state index contributed by atoms with van der Waals surface area (Å²) in [6, 6.07) is 5.71. The maximum absolute atomic E-state index is 12.4. The first kappa shape index (κ1) is 15.6. The van der Waals surface area contributed by atoms with Crippen LogP contribution in [0.25, 0.3) is 0 Å². The zero-order chi connectivity index (χ0) is 15.5. The molecule has 1 saturated carbocycles. The zero-order valence-corrected chi connectivity index (χ0v) is 13.1. The summed E-state index contributed by atoms with van der Waals surface area (Å²) in [7, 11) is 0. The highest BCUT2D eigenvalue weighted by Crippen LogP contribution is 2.51. The Morgan fingerprint density at radius 1 is 1.43 bits per heavy atom. The fourth-order valence-corrected chi connectivity index (χ4v) is 2.57. The molecule has 1 amide bonds. The number of carbonyl (C=O) groups is 1. The van der Waals surface area contributed by atoms with Crippen molar-refractivity contribution in [3.8, 4) is 11.8 Å². The van der Waals surface area contributed by atoms with Crippen LogP contribution in [0, 0.1) is 30.1 Å². The van der Waals surface area contributed by atoms with Crippen LogP contribution in [0.15, 0.2) is 18.2 Å². The fraction of sp³-hybridized carbons (Fsp3) is 0.500. The predicted octanol–water partition coefficient (Wildman–Crippen LogP) is 2.47. The van der Waals surface area contributed by atoms with Crippen LogP contribution in [0.4, 0.5) is 0 Å². The number of amides is 1. The van der Waals surface area contributed by atoms with Gasteiger partial charge in [-0.2, -0.15) is 0 Å². The lowest BCUT2D eigenvalue weighted by Gasteiger charge is -2.20. The van der Waals surface area contributed by atoms with Crippen molar-refractivity contribution >= 4 is 5.91 Å². The molecule has 3 N–H and O–H groups in total. The molecule has 0 bridgehead atoms. The standard InChI is InChI=1S/C18H24N2O/c1-13(2)18(8-9-18)12-20-17(21)16-11-15(5-4-10-19)7-6-14(16)3/h6-7,11,13H,8-10,12,19H2,1-3H3,(H,20,21). The van der Waals surface area contributed by atoms with Gasteiger partial charge in [-0.25, -0.2) is 0 Å². The molecule has 1 aromatic carbocycles. The van der Waals surface area contributed by atoms with Gasteiger partial charge in [-0.3, -0.25) is 4.79 Å². The van der Waals surface area contributed by atoms with Gasteiger partial charge in [-0.15, -0.1) is 0 Å². The number of rotatable bonds is 4. The highest BCUT2D eigenvalue weighted by Gasteiger charge is 2.45. The number of aryl methyl sites for hydroxylation is 1. The number of hydrogen-bond acceptors (Lipinski definition) is 2. The third-order valence-electron chi connectivity index (χ3n) is 4.53. The topological polar surface area (TPSA) is 55.1 Å². The van der Waals surface area contributed by atoms with Crippen molar-refractivity contribution in [2.24, 2.45) is 17.1 Å². The van der Waals surface area contributed by atoms with Crippen LogP contribution in [-0.4, -0.2) is 19.0 Å². The maximum Gasteiger partial charge on any atom is 0.251 e. The van der Waals surface area contributed by atoms with Crippen molar-refractivity contribution in [2.75, 3.05) is 13.1 Å². The predicted molar refractivity (Wildman–Crippen MR) is 85.9 cm³/mol. The molecular formula is C18H24N2O. The summed E-state index contributed by atoms with van der Waals surface area (Å²) in [6.07, 6.45) is 2.43. The minimum atomic E-state index is -0.00387. The molecule has 0 spiro atoms. The number of benzene rings is 1. The molecule has 0 aromatic heterocycles. The highest BCUT2D eigenvalue weighted by atomic mass is 16.1. The van der Waals surface area contributed by atoms with Gasteiger partial charge in [0.25, 0.3) is 5.91 Å². The van der Waals surface area contributed by atoms with Crippen molar-refractivity contribution in [3.63, 3.8) is 0 Å². The smallest absolute Gasteiger partial charge is 0.251 e. The summed E-state index contributed by atoms with van der Waals surface area (Å²) < 4.78 is 0. The van der Waals surface area contributed by atoms with E-state index in [1.807, 2.05) is 25.1 Å². The van der Waals surface area contributed by atoms with Gasteiger partial charge in [-0.05, 0) is 48.8 Å². The monoisotopic (exact) mass is 284 g/mol. The Morgan fingerprint density at radius 2 is 2.14 bits per heavy atom. The summed E-state index contributed by atoms with van der Waals surface area (Å²) in [4.78, 5) is 12.4. The second-order valence-corrected chi connectivity index (χ2v) is 6.24. The third-order valence-corrected chi connectivity index (χ3v) is 4.53. The first-order chi connectivity index (χ1) is 9.98. The van der Waals surface area contributed by atoms with Gasteiger partial charge >= 0.3 is 0 Å². The molecule has 1 aromatic rings. The summed E-state index contributed by atoms with van der Waals surface area (Å²) in [5.41, 5.74) is 8.22. The number of hydrogen-bond donors (Lipinski definition) is 2. The van der Waals surface area contributed by atoms with E-state index in [1.165, 1.54) is 12.8 Å². The van der Waals surface area contributed by atoms with E-state index in [-0.39, 0.29) is 5.91 Å². The van der Waals surface area contributed by atoms with E-state index in [4.69, 9.17) is 5.73 Å². The molecular weight excluding hydrogens is 260 g/mol. The van der Waals surface area contributed by atoms with Crippen LogP contribution in [0.1, 0.15) is 48.2 Å². The van der Waals surface area contributed by atoms with Gasteiger partial charge in [0.05, 0.1) is 6.54 Å². The quantitative estimate of drug-likeness (QED) is 0.835. The van der Waals surface area contributed by atoms with Crippen molar-refractivity contribution in [1.82, 2.24) is 5.32 Å². The average Bonchev–Trinajstić information content (AvgIpc) is 3.25. The van der Waals surface area contributed by atoms with Gasteiger partial charge < -0.3 is 11.1 Å². The van der Waals surface area contributed by atoms with E-state index in [1.54, 1.807) is 0 Å². The Morgan fingerprint density at radius 3 is 2.71 bits per heavy atom. The van der Waals surface area contributed by atoms with E-state index in [0.717, 1.165) is 17.7 Å². The normalized spacial score (nSPS) is 15.3. The average molecular weight is 284 g/mol. The Kier molecular flexibility index (Phi) is 4.69. The lowest BCUT2D eigenvalue weighted by Crippen LogP contribution is -2.33. The Bertz CT molecular complexity index is 589. The largest absolute Gasteiger partial charge is 0.351 e. The molecule has 1 aliphatic rings. The molecule has 2 rings (SSSR count). The SMILES string of the molecule is Cc1ccc(C#CCN)cc1C(=O)NCC1(C(C)C)CC1. The Labute approximate surface area is 127 Å². The summed E-state index contributed by atoms with van der Waals surface area (Å²) in [5, 5.41) is 3.10. The van der Waals surface area contributed by atoms with Gasteiger partial charge in [0.1, 0.15) is 0 Å². The molecule has 1 aliphatic carbocycles. The molecule has 0 saturated heterocycles. The van der Waals surface area contributed by atoms with Gasteiger partial charge in [0.15, 0.2) is 0 Å². The molecule has 3 nitrogen and oxygen atoms in total. The van der Waals surface area contributed by atoms with Crippen LogP contribution < -0.4 is 11.1 Å². The fourth-order valence-electron chi connectivity index (χ4n) is 2.57. The first-order valence-electron chi connectivity index (χ1n) is 7.56. The van der Waals surface area contributed by atoms with E-state index >= 15 is 0 Å². The maximum atomic E-state index is 12.4. The number of nitrogens with two attached hydrogens (primary N) is 1. The van der Waals surface area contributed by atoms with Crippen LogP contribution in [0.3, 0.4) is 0 Å². The lowest BCUT2D eigenvalue weighted by molar-refractivity contribution is 0.0939. The molecule has 21 heavy (non-hydrogen) atoms. The molecule has 112 valence electrons. The minimum absolute atomic E-state index is 0.00387. The van der Waals surface area contributed by atoms with Crippen LogP contribution in [0.5, 0.6) is 0 Å². The van der Waals surface area contributed by atoms with Crippen molar-refractivity contribution in [3.05, 3.63) is 34.9 Å². The molecule has 0 heterocycles. The summed E-state index contributed by atoms with van der Waals surface area (Å²) >= 11 is 0. The molecule has 0 radical (unpaired) electrons. The highest BCUT2D eigenvalue weighted by molar-refractivity contribution is 5.96. The van der Waals surface area contributed by atoms with E-state index in [2.05, 4.69) is 31.0 Å².